The number of hydrogen-bond donors (Lipinski definition) is 0. The number of halogens is 2. The van der Waals surface area contributed by atoms with Crippen molar-refractivity contribution >= 4 is 33.4 Å². The number of benzene rings is 1. The largest absolute Gasteiger partial charge is 0.481 e. The van der Waals surface area contributed by atoms with E-state index >= 15 is 0 Å². The maximum Gasteiger partial charge on any atom is 0.263 e. The van der Waals surface area contributed by atoms with Crippen LogP contribution in [-0.4, -0.2) is 34.8 Å². The Labute approximate surface area is 139 Å². The molecule has 0 spiro atoms. The Bertz CT molecular complexity index is 487. The smallest absolute Gasteiger partial charge is 0.263 e. The number of ether oxygens (including phenoxy) is 1. The van der Waals surface area contributed by atoms with E-state index in [1.165, 1.54) is 0 Å². The average Bonchev–Trinajstić information content (AvgIpc) is 2.46. The molecule has 1 amide bonds. The molecule has 1 aromatic rings. The average molecular weight is 375 g/mol. The maximum absolute atomic E-state index is 12.4. The van der Waals surface area contributed by atoms with Gasteiger partial charge in [0.05, 0.1) is 0 Å². The first-order chi connectivity index (χ1) is 9.97. The molecular weight excluding hydrogens is 354 g/mol. The summed E-state index contributed by atoms with van der Waals surface area (Å²) >= 11 is 9.55. The molecule has 5 heteroatoms. The van der Waals surface area contributed by atoms with Crippen LogP contribution < -0.4 is 4.74 Å². The first-order valence-corrected chi connectivity index (χ1v) is 8.62. The van der Waals surface area contributed by atoms with E-state index < -0.39 is 6.10 Å². The van der Waals surface area contributed by atoms with Crippen molar-refractivity contribution in [3.05, 3.63) is 29.3 Å². The minimum Gasteiger partial charge on any atom is -0.481 e. The van der Waals surface area contributed by atoms with Crippen LogP contribution in [0.4, 0.5) is 0 Å². The topological polar surface area (TPSA) is 29.5 Å². The van der Waals surface area contributed by atoms with Crippen LogP contribution in [0.25, 0.3) is 0 Å². The van der Waals surface area contributed by atoms with E-state index in [9.17, 15) is 4.79 Å². The monoisotopic (exact) mass is 373 g/mol. The second-order valence-corrected chi connectivity index (χ2v) is 7.44. The van der Waals surface area contributed by atoms with Crippen LogP contribution in [0.3, 0.4) is 0 Å². The Morgan fingerprint density at radius 2 is 2.05 bits per heavy atom. The Morgan fingerprint density at radius 3 is 2.62 bits per heavy atom. The molecule has 3 nitrogen and oxygen atoms in total. The Balaban J connectivity index is 1.88. The molecule has 1 aliphatic rings. The number of piperidine rings is 1. The standard InChI is InChI=1S/C16H21BrClNO2/c1-11(17)13-6-8-19(9-7-13)16(20)12(2)21-15-5-3-4-14(18)10-15/h3-5,10-13H,6-9H2,1-2H3. The van der Waals surface area contributed by atoms with E-state index in [4.69, 9.17) is 16.3 Å². The summed E-state index contributed by atoms with van der Waals surface area (Å²) in [5, 5.41) is 0.610. The molecule has 2 unspecified atom stereocenters. The van der Waals surface area contributed by atoms with Crippen molar-refractivity contribution in [1.29, 1.82) is 0 Å². The summed E-state index contributed by atoms with van der Waals surface area (Å²) in [7, 11) is 0. The van der Waals surface area contributed by atoms with Gasteiger partial charge in [0.2, 0.25) is 0 Å². The van der Waals surface area contributed by atoms with E-state index in [0.717, 1.165) is 25.9 Å². The fourth-order valence-electron chi connectivity index (χ4n) is 2.63. The number of alkyl halides is 1. The van der Waals surface area contributed by atoms with Gasteiger partial charge in [-0.2, -0.15) is 0 Å². The lowest BCUT2D eigenvalue weighted by Crippen LogP contribution is -2.45. The van der Waals surface area contributed by atoms with Gasteiger partial charge in [-0.3, -0.25) is 4.79 Å². The number of rotatable bonds is 4. The zero-order chi connectivity index (χ0) is 15.4. The predicted molar refractivity (Wildman–Crippen MR) is 89.2 cm³/mol. The fourth-order valence-corrected chi connectivity index (χ4v) is 3.34. The van der Waals surface area contributed by atoms with Gasteiger partial charge >= 0.3 is 0 Å². The minimum atomic E-state index is -0.485. The van der Waals surface area contributed by atoms with Gasteiger partial charge < -0.3 is 9.64 Å². The molecule has 2 atom stereocenters. The zero-order valence-electron chi connectivity index (χ0n) is 12.4. The second kappa shape index (κ2) is 7.50. The first kappa shape index (κ1) is 16.6. The second-order valence-electron chi connectivity index (χ2n) is 5.56. The van der Waals surface area contributed by atoms with Crippen molar-refractivity contribution in [1.82, 2.24) is 4.90 Å². The maximum atomic E-state index is 12.4. The summed E-state index contributed by atoms with van der Waals surface area (Å²) in [6.45, 7) is 5.58. The Morgan fingerprint density at radius 1 is 1.38 bits per heavy atom. The van der Waals surface area contributed by atoms with E-state index in [1.807, 2.05) is 17.0 Å². The summed E-state index contributed by atoms with van der Waals surface area (Å²) in [4.78, 5) is 14.8. The van der Waals surface area contributed by atoms with Crippen LogP contribution in [0.5, 0.6) is 5.75 Å². The highest BCUT2D eigenvalue weighted by atomic mass is 79.9. The number of hydrogen-bond acceptors (Lipinski definition) is 2. The van der Waals surface area contributed by atoms with Crippen molar-refractivity contribution in [3.8, 4) is 5.75 Å². The van der Waals surface area contributed by atoms with E-state index in [-0.39, 0.29) is 5.91 Å². The number of carbonyl (C=O) groups excluding carboxylic acids is 1. The third-order valence-electron chi connectivity index (χ3n) is 3.96. The van der Waals surface area contributed by atoms with E-state index in [0.29, 0.717) is 21.5 Å². The van der Waals surface area contributed by atoms with Gasteiger partial charge in [-0.05, 0) is 43.9 Å². The Hall–Kier alpha value is -0.740. The molecule has 1 heterocycles. The van der Waals surface area contributed by atoms with Crippen LogP contribution in [0.1, 0.15) is 26.7 Å². The molecule has 2 rings (SSSR count). The molecule has 0 bridgehead atoms. The van der Waals surface area contributed by atoms with Gasteiger partial charge in [-0.25, -0.2) is 0 Å². The highest BCUT2D eigenvalue weighted by Crippen LogP contribution is 2.26. The quantitative estimate of drug-likeness (QED) is 0.742. The van der Waals surface area contributed by atoms with Crippen molar-refractivity contribution in [2.24, 2.45) is 5.92 Å². The van der Waals surface area contributed by atoms with Crippen molar-refractivity contribution in [2.45, 2.75) is 37.6 Å². The van der Waals surface area contributed by atoms with Crippen LogP contribution in [0.2, 0.25) is 5.02 Å². The highest BCUT2D eigenvalue weighted by molar-refractivity contribution is 9.09. The molecule has 21 heavy (non-hydrogen) atoms. The molecule has 0 saturated carbocycles. The van der Waals surface area contributed by atoms with Gasteiger partial charge in [-0.1, -0.05) is 40.5 Å². The molecule has 1 fully saturated rings. The van der Waals surface area contributed by atoms with Gasteiger partial charge in [0.25, 0.3) is 5.91 Å². The number of carbonyl (C=O) groups is 1. The number of nitrogens with zero attached hydrogens (tertiary/aromatic N) is 1. The van der Waals surface area contributed by atoms with Gasteiger partial charge in [-0.15, -0.1) is 0 Å². The highest BCUT2D eigenvalue weighted by Gasteiger charge is 2.28. The van der Waals surface area contributed by atoms with E-state index in [1.54, 1.807) is 19.1 Å². The third kappa shape index (κ3) is 4.62. The SMILES string of the molecule is CC(Oc1cccc(Cl)c1)C(=O)N1CCC(C(C)Br)CC1. The number of amides is 1. The third-order valence-corrected chi connectivity index (χ3v) is 4.94. The zero-order valence-corrected chi connectivity index (χ0v) is 14.7. The predicted octanol–water partition coefficient (Wildman–Crippen LogP) is 4.13. The van der Waals surface area contributed by atoms with Crippen LogP contribution >= 0.6 is 27.5 Å². The normalized spacial score (nSPS) is 19.1. The molecule has 1 aliphatic heterocycles. The van der Waals surface area contributed by atoms with Gasteiger partial charge in [0.1, 0.15) is 5.75 Å². The lowest BCUT2D eigenvalue weighted by Gasteiger charge is -2.34. The van der Waals surface area contributed by atoms with Crippen LogP contribution in [0, 0.1) is 5.92 Å². The first-order valence-electron chi connectivity index (χ1n) is 7.32. The van der Waals surface area contributed by atoms with E-state index in [2.05, 4.69) is 22.9 Å². The summed E-state index contributed by atoms with van der Waals surface area (Å²) in [6.07, 6.45) is 1.60. The molecular formula is C16H21BrClNO2. The van der Waals surface area contributed by atoms with Crippen LogP contribution in [0.15, 0.2) is 24.3 Å². The molecule has 0 radical (unpaired) electrons. The summed E-state index contributed by atoms with van der Waals surface area (Å²) in [6, 6.07) is 7.14. The lowest BCUT2D eigenvalue weighted by molar-refractivity contribution is -0.139. The lowest BCUT2D eigenvalue weighted by atomic mass is 9.94. The van der Waals surface area contributed by atoms with Crippen molar-refractivity contribution < 1.29 is 9.53 Å². The van der Waals surface area contributed by atoms with Crippen molar-refractivity contribution in [2.75, 3.05) is 13.1 Å². The molecule has 1 aromatic carbocycles. The summed E-state index contributed by atoms with van der Waals surface area (Å²) in [5.41, 5.74) is 0. The molecule has 0 aliphatic carbocycles. The molecule has 0 aromatic heterocycles. The fraction of sp³-hybridized carbons (Fsp3) is 0.562. The molecule has 116 valence electrons. The van der Waals surface area contributed by atoms with Crippen molar-refractivity contribution in [3.63, 3.8) is 0 Å². The minimum absolute atomic E-state index is 0.0515. The summed E-state index contributed by atoms with van der Waals surface area (Å²) < 4.78 is 5.70. The van der Waals surface area contributed by atoms with Gasteiger partial charge in [0.15, 0.2) is 6.10 Å². The van der Waals surface area contributed by atoms with Gasteiger partial charge in [0, 0.05) is 22.9 Å². The number of likely N-dealkylation sites (tertiary alicyclic amines) is 1. The Kier molecular flexibility index (Phi) is 5.94. The molecule has 0 N–H and O–H groups in total. The van der Waals surface area contributed by atoms with Crippen LogP contribution in [-0.2, 0) is 4.79 Å². The molecule has 1 saturated heterocycles. The summed E-state index contributed by atoms with van der Waals surface area (Å²) in [5.74, 6) is 1.33.